The van der Waals surface area contributed by atoms with Crippen molar-refractivity contribution in [2.75, 3.05) is 30.5 Å². The Morgan fingerprint density at radius 2 is 1.84 bits per heavy atom. The van der Waals surface area contributed by atoms with Gasteiger partial charge >= 0.3 is 6.09 Å². The van der Waals surface area contributed by atoms with Gasteiger partial charge in [0.2, 0.25) is 0 Å². The number of fused-ring (bicyclic) bond motifs is 1. The average molecular weight is 516 g/mol. The van der Waals surface area contributed by atoms with E-state index < -0.39 is 12.2 Å². The van der Waals surface area contributed by atoms with E-state index in [4.69, 9.17) is 14.2 Å². The van der Waals surface area contributed by atoms with E-state index in [0.29, 0.717) is 30.5 Å². The van der Waals surface area contributed by atoms with Crippen LogP contribution in [0.3, 0.4) is 0 Å². The number of rotatable bonds is 9. The first-order chi connectivity index (χ1) is 18.5. The van der Waals surface area contributed by atoms with Crippen molar-refractivity contribution in [2.45, 2.75) is 43.9 Å². The number of hydrogen-bond acceptors (Lipinski definition) is 6. The van der Waals surface area contributed by atoms with Crippen molar-refractivity contribution in [3.63, 3.8) is 0 Å². The highest BCUT2D eigenvalue weighted by molar-refractivity contribution is 5.84. The van der Waals surface area contributed by atoms with Gasteiger partial charge in [-0.05, 0) is 66.8 Å². The summed E-state index contributed by atoms with van der Waals surface area (Å²) in [6, 6.07) is 22.1. The normalized spacial score (nSPS) is 18.8. The predicted octanol–water partition coefficient (Wildman–Crippen LogP) is 6.49. The summed E-state index contributed by atoms with van der Waals surface area (Å²) in [5, 5.41) is 12.9. The number of benzene rings is 3. The molecule has 7 nitrogen and oxygen atoms in total. The van der Waals surface area contributed by atoms with Crippen LogP contribution in [0.15, 0.2) is 66.7 Å². The van der Waals surface area contributed by atoms with Gasteiger partial charge in [-0.15, -0.1) is 0 Å². The molecule has 1 aliphatic carbocycles. The second-order valence-electron chi connectivity index (χ2n) is 9.60. The Labute approximate surface area is 221 Å². The largest absolute Gasteiger partial charge is 0.491 e. The third kappa shape index (κ3) is 5.43. The fraction of sp³-hybridized carbons (Fsp3) is 0.333. The Morgan fingerprint density at radius 3 is 2.50 bits per heavy atom. The van der Waals surface area contributed by atoms with Crippen LogP contribution in [-0.2, 0) is 9.47 Å². The maximum absolute atomic E-state index is 13.2. The molecule has 3 unspecified atom stereocenters. The summed E-state index contributed by atoms with van der Waals surface area (Å²) in [6.07, 6.45) is 1.04. The number of hydrogen-bond donors (Lipinski definition) is 1. The van der Waals surface area contributed by atoms with Crippen LogP contribution in [0.4, 0.5) is 20.6 Å². The van der Waals surface area contributed by atoms with Crippen LogP contribution in [0.1, 0.15) is 54.5 Å². The predicted molar refractivity (Wildman–Crippen MR) is 142 cm³/mol. The minimum Gasteiger partial charge on any atom is -0.491 e. The molecule has 0 radical (unpaired) electrons. The number of methoxy groups -OCH3 is 1. The van der Waals surface area contributed by atoms with Crippen molar-refractivity contribution >= 4 is 17.5 Å². The van der Waals surface area contributed by atoms with Crippen LogP contribution in [0.25, 0.3) is 0 Å². The summed E-state index contributed by atoms with van der Waals surface area (Å²) in [7, 11) is 1.64. The number of carbonyl (C=O) groups excluding carboxylic acids is 1. The van der Waals surface area contributed by atoms with E-state index in [1.54, 1.807) is 26.2 Å². The molecule has 1 N–H and O–H groups in total. The van der Waals surface area contributed by atoms with Crippen molar-refractivity contribution in [3.8, 4) is 11.8 Å². The zero-order valence-electron chi connectivity index (χ0n) is 21.4. The highest BCUT2D eigenvalue weighted by Crippen LogP contribution is 2.54. The van der Waals surface area contributed by atoms with Crippen molar-refractivity contribution in [2.24, 2.45) is 0 Å². The van der Waals surface area contributed by atoms with Crippen LogP contribution >= 0.6 is 0 Å². The molecule has 1 amide bonds. The summed E-state index contributed by atoms with van der Waals surface area (Å²) in [4.78, 5) is 14.8. The summed E-state index contributed by atoms with van der Waals surface area (Å²) in [5.74, 6) is 0.0984. The number of nitriles is 1. The van der Waals surface area contributed by atoms with Gasteiger partial charge in [0.1, 0.15) is 24.3 Å². The molecule has 0 bridgehead atoms. The molecule has 1 aliphatic heterocycles. The Bertz CT molecular complexity index is 1320. The van der Waals surface area contributed by atoms with Gasteiger partial charge in [0.15, 0.2) is 0 Å². The molecule has 0 saturated heterocycles. The van der Waals surface area contributed by atoms with E-state index in [9.17, 15) is 14.4 Å². The Balaban J connectivity index is 1.30. The molecule has 3 aromatic rings. The van der Waals surface area contributed by atoms with Crippen LogP contribution < -0.4 is 15.0 Å². The van der Waals surface area contributed by atoms with Gasteiger partial charge in [0.25, 0.3) is 0 Å². The van der Waals surface area contributed by atoms with Crippen molar-refractivity contribution < 1.29 is 23.4 Å². The molecule has 38 heavy (non-hydrogen) atoms. The number of carbonyl (C=O) groups is 1. The van der Waals surface area contributed by atoms with Gasteiger partial charge in [-0.25, -0.2) is 9.18 Å². The van der Waals surface area contributed by atoms with Gasteiger partial charge in [0, 0.05) is 30.6 Å². The SMILES string of the molecule is COCCOc1ccc2c(c1)N(C1CC1)C(c1ccc(NC(=O)OC(C)c3ccc(F)cc3)cc1)C2C#N. The van der Waals surface area contributed by atoms with E-state index in [2.05, 4.69) is 16.3 Å². The van der Waals surface area contributed by atoms with Crippen LogP contribution in [-0.4, -0.2) is 32.5 Å². The standard InChI is InChI=1S/C30H30FN3O4/c1-19(20-3-7-22(31)8-4-20)38-30(35)33-23-9-5-21(6-10-23)29-27(18-32)26-14-13-25(37-16-15-36-2)17-28(26)34(29)24-11-12-24/h3-10,13-14,17,19,24,27,29H,11-12,15-16H2,1-2H3,(H,33,35). The highest BCUT2D eigenvalue weighted by atomic mass is 19.1. The second-order valence-corrected chi connectivity index (χ2v) is 9.60. The number of nitrogens with zero attached hydrogens (tertiary/aromatic N) is 2. The lowest BCUT2D eigenvalue weighted by atomic mass is 9.91. The lowest BCUT2D eigenvalue weighted by molar-refractivity contribution is 0.121. The van der Waals surface area contributed by atoms with Crippen molar-refractivity contribution in [1.82, 2.24) is 0 Å². The first-order valence-corrected chi connectivity index (χ1v) is 12.7. The van der Waals surface area contributed by atoms with Gasteiger partial charge in [-0.3, -0.25) is 5.32 Å². The van der Waals surface area contributed by atoms with E-state index in [1.807, 2.05) is 42.5 Å². The number of anilines is 2. The second kappa shape index (κ2) is 11.1. The third-order valence-electron chi connectivity index (χ3n) is 6.99. The number of ether oxygens (including phenoxy) is 3. The van der Waals surface area contributed by atoms with Crippen LogP contribution in [0.2, 0.25) is 0 Å². The first-order valence-electron chi connectivity index (χ1n) is 12.7. The van der Waals surface area contributed by atoms with Crippen molar-refractivity contribution in [3.05, 3.63) is 89.2 Å². The fourth-order valence-corrected chi connectivity index (χ4v) is 4.97. The minimum absolute atomic E-state index is 0.128. The quantitative estimate of drug-likeness (QED) is 0.328. The van der Waals surface area contributed by atoms with Gasteiger partial charge in [-0.2, -0.15) is 5.26 Å². The Kier molecular flexibility index (Phi) is 7.47. The van der Waals surface area contributed by atoms with E-state index >= 15 is 0 Å². The van der Waals surface area contributed by atoms with E-state index in [-0.39, 0.29) is 17.8 Å². The molecule has 2 aliphatic rings. The number of halogens is 1. The maximum Gasteiger partial charge on any atom is 0.412 e. The highest BCUT2D eigenvalue weighted by Gasteiger charge is 2.46. The fourth-order valence-electron chi connectivity index (χ4n) is 4.97. The molecule has 0 aromatic heterocycles. The molecular formula is C30H30FN3O4. The third-order valence-corrected chi connectivity index (χ3v) is 6.99. The monoisotopic (exact) mass is 515 g/mol. The average Bonchev–Trinajstić information content (AvgIpc) is 3.70. The Morgan fingerprint density at radius 1 is 1.11 bits per heavy atom. The van der Waals surface area contributed by atoms with Gasteiger partial charge in [-0.1, -0.05) is 30.3 Å². The molecule has 1 fully saturated rings. The molecule has 5 rings (SSSR count). The minimum atomic E-state index is -0.599. The molecule has 3 aromatic carbocycles. The number of amides is 1. The summed E-state index contributed by atoms with van der Waals surface area (Å²) < 4.78 is 29.5. The Hall–Kier alpha value is -4.09. The first kappa shape index (κ1) is 25.6. The summed E-state index contributed by atoms with van der Waals surface area (Å²) >= 11 is 0. The molecule has 8 heteroatoms. The lowest BCUT2D eigenvalue weighted by Gasteiger charge is -2.29. The zero-order chi connectivity index (χ0) is 26.6. The van der Waals surface area contributed by atoms with Gasteiger partial charge in [0.05, 0.1) is 24.6 Å². The molecular weight excluding hydrogens is 485 g/mol. The molecule has 3 atom stereocenters. The molecule has 196 valence electrons. The van der Waals surface area contributed by atoms with Gasteiger partial charge < -0.3 is 19.1 Å². The van der Waals surface area contributed by atoms with Crippen LogP contribution in [0.5, 0.6) is 5.75 Å². The van der Waals surface area contributed by atoms with E-state index in [1.165, 1.54) is 12.1 Å². The van der Waals surface area contributed by atoms with Crippen molar-refractivity contribution in [1.29, 1.82) is 5.26 Å². The maximum atomic E-state index is 13.2. The smallest absolute Gasteiger partial charge is 0.412 e. The lowest BCUT2D eigenvalue weighted by Crippen LogP contribution is -2.28. The molecule has 1 saturated carbocycles. The number of nitrogens with one attached hydrogen (secondary N) is 1. The summed E-state index contributed by atoms with van der Waals surface area (Å²) in [6.45, 7) is 2.70. The van der Waals surface area contributed by atoms with E-state index in [0.717, 1.165) is 35.4 Å². The van der Waals surface area contributed by atoms with Crippen LogP contribution in [0, 0.1) is 17.1 Å². The molecule has 0 spiro atoms. The zero-order valence-corrected chi connectivity index (χ0v) is 21.4. The molecule has 1 heterocycles. The summed E-state index contributed by atoms with van der Waals surface area (Å²) in [5.41, 5.74) is 4.33. The topological polar surface area (TPSA) is 83.8 Å².